The van der Waals surface area contributed by atoms with Crippen LogP contribution in [-0.2, 0) is 0 Å². The van der Waals surface area contributed by atoms with Crippen molar-refractivity contribution in [3.05, 3.63) is 29.6 Å². The molecule has 2 nitrogen and oxygen atoms in total. The molecule has 3 heteroatoms. The van der Waals surface area contributed by atoms with Crippen molar-refractivity contribution < 1.29 is 9.13 Å². The fourth-order valence-corrected chi connectivity index (χ4v) is 1.78. The molecule has 1 fully saturated rings. The van der Waals surface area contributed by atoms with Gasteiger partial charge in [0.1, 0.15) is 0 Å². The Balaban J connectivity index is 1.98. The second-order valence-corrected chi connectivity index (χ2v) is 4.59. The van der Waals surface area contributed by atoms with Crippen LogP contribution in [0, 0.1) is 11.7 Å². The zero-order valence-electron chi connectivity index (χ0n) is 9.58. The second kappa shape index (κ2) is 4.83. The van der Waals surface area contributed by atoms with Gasteiger partial charge >= 0.3 is 0 Å². The maximum absolute atomic E-state index is 13.6. The lowest BCUT2D eigenvalue weighted by molar-refractivity contribution is 0.175. The van der Waals surface area contributed by atoms with E-state index in [1.807, 2.05) is 13.0 Å². The molecule has 1 saturated carbocycles. The predicted octanol–water partition coefficient (Wildman–Crippen LogP) is 3.02. The minimum atomic E-state index is -0.311. The van der Waals surface area contributed by atoms with Crippen LogP contribution in [0.2, 0.25) is 0 Å². The molecule has 1 aliphatic rings. The summed E-state index contributed by atoms with van der Waals surface area (Å²) in [4.78, 5) is 0. The van der Waals surface area contributed by atoms with Gasteiger partial charge in [-0.3, -0.25) is 0 Å². The molecule has 1 atom stereocenters. The molecule has 1 aromatic carbocycles. The van der Waals surface area contributed by atoms with Gasteiger partial charge in [0.05, 0.1) is 6.61 Å². The van der Waals surface area contributed by atoms with Gasteiger partial charge < -0.3 is 10.5 Å². The summed E-state index contributed by atoms with van der Waals surface area (Å²) in [6.45, 7) is 2.47. The van der Waals surface area contributed by atoms with E-state index in [2.05, 4.69) is 0 Å². The van der Waals surface area contributed by atoms with Gasteiger partial charge in [0.25, 0.3) is 0 Å². The van der Waals surface area contributed by atoms with Crippen molar-refractivity contribution in [2.24, 2.45) is 11.7 Å². The lowest BCUT2D eigenvalue weighted by atomic mass is 9.86. The third-order valence-corrected chi connectivity index (χ3v) is 3.18. The van der Waals surface area contributed by atoms with Crippen molar-refractivity contribution in [2.75, 3.05) is 6.61 Å². The first-order valence-electron chi connectivity index (χ1n) is 5.84. The molecule has 1 aromatic rings. The molecule has 0 saturated heterocycles. The lowest BCUT2D eigenvalue weighted by Gasteiger charge is -2.25. The van der Waals surface area contributed by atoms with Crippen LogP contribution < -0.4 is 10.5 Å². The van der Waals surface area contributed by atoms with Gasteiger partial charge in [0.2, 0.25) is 0 Å². The van der Waals surface area contributed by atoms with Crippen LogP contribution in [0.1, 0.15) is 37.8 Å². The standard InChI is InChI=1S/C13H18FNO/c1-9(15)11-5-6-13(12(14)7-11)16-8-10-3-2-4-10/h5-7,9-10H,2-4,8,15H2,1H3/t9-/m0/s1. The molecule has 2 N–H and O–H groups in total. The molecule has 0 aliphatic heterocycles. The van der Waals surface area contributed by atoms with Crippen LogP contribution in [-0.4, -0.2) is 6.61 Å². The molecular weight excluding hydrogens is 205 g/mol. The van der Waals surface area contributed by atoms with Crippen molar-refractivity contribution in [1.82, 2.24) is 0 Å². The van der Waals surface area contributed by atoms with E-state index in [4.69, 9.17) is 10.5 Å². The monoisotopic (exact) mass is 223 g/mol. The Morgan fingerprint density at radius 1 is 1.50 bits per heavy atom. The van der Waals surface area contributed by atoms with Gasteiger partial charge in [-0.05, 0) is 43.4 Å². The van der Waals surface area contributed by atoms with E-state index < -0.39 is 0 Å². The third-order valence-electron chi connectivity index (χ3n) is 3.18. The van der Waals surface area contributed by atoms with E-state index in [1.165, 1.54) is 25.3 Å². The summed E-state index contributed by atoms with van der Waals surface area (Å²) in [5.41, 5.74) is 6.48. The van der Waals surface area contributed by atoms with Crippen LogP contribution in [0.3, 0.4) is 0 Å². The second-order valence-electron chi connectivity index (χ2n) is 4.59. The first-order valence-corrected chi connectivity index (χ1v) is 5.84. The normalized spacial score (nSPS) is 17.9. The molecule has 0 aromatic heterocycles. The minimum absolute atomic E-state index is 0.143. The summed E-state index contributed by atoms with van der Waals surface area (Å²) >= 11 is 0. The number of hydrogen-bond acceptors (Lipinski definition) is 2. The Hall–Kier alpha value is -1.09. The molecule has 1 aliphatic carbocycles. The van der Waals surface area contributed by atoms with Crippen LogP contribution in [0.25, 0.3) is 0 Å². The van der Waals surface area contributed by atoms with Gasteiger partial charge in [-0.2, -0.15) is 0 Å². The fraction of sp³-hybridized carbons (Fsp3) is 0.538. The number of ether oxygens (including phenoxy) is 1. The molecule has 16 heavy (non-hydrogen) atoms. The highest BCUT2D eigenvalue weighted by molar-refractivity contribution is 5.30. The molecule has 0 bridgehead atoms. The summed E-state index contributed by atoms with van der Waals surface area (Å²) in [5.74, 6) is 0.651. The molecular formula is C13H18FNO. The van der Waals surface area contributed by atoms with Crippen molar-refractivity contribution in [3.8, 4) is 5.75 Å². The largest absolute Gasteiger partial charge is 0.490 e. The third kappa shape index (κ3) is 2.53. The van der Waals surface area contributed by atoms with E-state index in [0.717, 1.165) is 5.56 Å². The molecule has 88 valence electrons. The van der Waals surface area contributed by atoms with Gasteiger partial charge in [-0.15, -0.1) is 0 Å². The maximum atomic E-state index is 13.6. The number of hydrogen-bond donors (Lipinski definition) is 1. The smallest absolute Gasteiger partial charge is 0.165 e. The first-order chi connectivity index (χ1) is 7.66. The van der Waals surface area contributed by atoms with Crippen molar-refractivity contribution >= 4 is 0 Å². The Labute approximate surface area is 95.6 Å². The number of nitrogens with two attached hydrogens (primary N) is 1. The van der Waals surface area contributed by atoms with Crippen LogP contribution in [0.5, 0.6) is 5.75 Å². The Kier molecular flexibility index (Phi) is 3.44. The lowest BCUT2D eigenvalue weighted by Crippen LogP contribution is -2.19. The zero-order chi connectivity index (χ0) is 11.5. The van der Waals surface area contributed by atoms with Gasteiger partial charge in [-0.25, -0.2) is 4.39 Å². The number of rotatable bonds is 4. The topological polar surface area (TPSA) is 35.2 Å². The highest BCUT2D eigenvalue weighted by Crippen LogP contribution is 2.28. The van der Waals surface area contributed by atoms with Gasteiger partial charge in [0, 0.05) is 6.04 Å². The van der Waals surface area contributed by atoms with E-state index in [9.17, 15) is 4.39 Å². The molecule has 0 amide bonds. The van der Waals surface area contributed by atoms with E-state index in [-0.39, 0.29) is 11.9 Å². The summed E-state index contributed by atoms with van der Waals surface area (Å²) in [6.07, 6.45) is 3.69. The zero-order valence-corrected chi connectivity index (χ0v) is 9.58. The molecule has 0 spiro atoms. The minimum Gasteiger partial charge on any atom is -0.490 e. The summed E-state index contributed by atoms with van der Waals surface area (Å²) < 4.78 is 19.1. The summed E-state index contributed by atoms with van der Waals surface area (Å²) in [7, 11) is 0. The molecule has 0 radical (unpaired) electrons. The van der Waals surface area contributed by atoms with Crippen LogP contribution >= 0.6 is 0 Å². The Bertz CT molecular complexity index is 361. The van der Waals surface area contributed by atoms with E-state index >= 15 is 0 Å². The molecule has 0 unspecified atom stereocenters. The first kappa shape index (κ1) is 11.4. The van der Waals surface area contributed by atoms with Gasteiger partial charge in [0.15, 0.2) is 11.6 Å². The Morgan fingerprint density at radius 3 is 2.75 bits per heavy atom. The Morgan fingerprint density at radius 2 is 2.25 bits per heavy atom. The number of benzene rings is 1. The maximum Gasteiger partial charge on any atom is 0.165 e. The van der Waals surface area contributed by atoms with Gasteiger partial charge in [-0.1, -0.05) is 12.5 Å². The van der Waals surface area contributed by atoms with Crippen molar-refractivity contribution in [1.29, 1.82) is 0 Å². The van der Waals surface area contributed by atoms with Crippen molar-refractivity contribution in [3.63, 3.8) is 0 Å². The average molecular weight is 223 g/mol. The molecule has 0 heterocycles. The number of halogens is 1. The van der Waals surface area contributed by atoms with Crippen molar-refractivity contribution in [2.45, 2.75) is 32.2 Å². The fourth-order valence-electron chi connectivity index (χ4n) is 1.78. The van der Waals surface area contributed by atoms with Crippen LogP contribution in [0.4, 0.5) is 4.39 Å². The predicted molar refractivity (Wildman–Crippen MR) is 61.8 cm³/mol. The summed E-state index contributed by atoms with van der Waals surface area (Å²) in [6, 6.07) is 4.81. The quantitative estimate of drug-likeness (QED) is 0.851. The molecule has 2 rings (SSSR count). The average Bonchev–Trinajstić information content (AvgIpc) is 2.17. The highest BCUT2D eigenvalue weighted by atomic mass is 19.1. The SMILES string of the molecule is C[C@H](N)c1ccc(OCC2CCC2)c(F)c1. The van der Waals surface area contributed by atoms with Crippen LogP contribution in [0.15, 0.2) is 18.2 Å². The highest BCUT2D eigenvalue weighted by Gasteiger charge is 2.18. The van der Waals surface area contributed by atoms with E-state index in [0.29, 0.717) is 18.3 Å². The van der Waals surface area contributed by atoms with E-state index in [1.54, 1.807) is 6.07 Å². The summed E-state index contributed by atoms with van der Waals surface area (Å²) in [5, 5.41) is 0.